The molecule has 0 radical (unpaired) electrons. The summed E-state index contributed by atoms with van der Waals surface area (Å²) in [6.07, 6.45) is 2.82. The van der Waals surface area contributed by atoms with Crippen LogP contribution < -0.4 is 20.5 Å². The number of amides is 2. The number of methoxy groups -OCH3 is 2. The quantitative estimate of drug-likeness (QED) is 0.706. The van der Waals surface area contributed by atoms with Gasteiger partial charge in [-0.2, -0.15) is 0 Å². The Hall–Kier alpha value is -2.58. The molecule has 150 valence electrons. The highest BCUT2D eigenvalue weighted by Gasteiger charge is 2.26. The molecular formula is C20H25N3O4S. The van der Waals surface area contributed by atoms with E-state index in [9.17, 15) is 9.59 Å². The van der Waals surface area contributed by atoms with E-state index >= 15 is 0 Å². The van der Waals surface area contributed by atoms with Gasteiger partial charge in [-0.25, -0.2) is 0 Å². The number of rotatable bonds is 8. The van der Waals surface area contributed by atoms with Crippen LogP contribution in [0.15, 0.2) is 18.2 Å². The molecule has 0 aliphatic heterocycles. The van der Waals surface area contributed by atoms with E-state index in [2.05, 4.69) is 5.32 Å². The lowest BCUT2D eigenvalue weighted by Crippen LogP contribution is -2.30. The molecule has 0 bridgehead atoms. The van der Waals surface area contributed by atoms with E-state index in [0.29, 0.717) is 28.6 Å². The number of primary amides is 1. The number of carbonyl (C=O) groups is 2. The first-order valence-corrected chi connectivity index (χ1v) is 9.88. The van der Waals surface area contributed by atoms with Crippen LogP contribution in [0, 0.1) is 0 Å². The molecule has 1 aromatic heterocycles. The third-order valence-corrected chi connectivity index (χ3v) is 5.94. The zero-order valence-electron chi connectivity index (χ0n) is 16.3. The van der Waals surface area contributed by atoms with Gasteiger partial charge in [0.05, 0.1) is 26.3 Å². The van der Waals surface area contributed by atoms with E-state index < -0.39 is 5.91 Å². The van der Waals surface area contributed by atoms with Crippen molar-refractivity contribution in [1.29, 1.82) is 0 Å². The SMILES string of the molecule is COc1ccc(CN(C)CC(=O)Nc2sc3c(c2C(N)=O)CCC3)cc1OC. The fraction of sp³-hybridized carbons (Fsp3) is 0.400. The zero-order chi connectivity index (χ0) is 20.3. The second kappa shape index (κ2) is 8.62. The molecule has 0 saturated carbocycles. The Morgan fingerprint density at radius 2 is 1.96 bits per heavy atom. The number of aryl methyl sites for hydroxylation is 1. The number of fused-ring (bicyclic) bond motifs is 1. The second-order valence-electron chi connectivity index (χ2n) is 6.84. The second-order valence-corrected chi connectivity index (χ2v) is 7.94. The molecule has 1 aliphatic rings. The molecule has 0 atom stereocenters. The lowest BCUT2D eigenvalue weighted by Gasteiger charge is -2.17. The van der Waals surface area contributed by atoms with Crippen LogP contribution in [0.5, 0.6) is 11.5 Å². The van der Waals surface area contributed by atoms with Crippen LogP contribution in [0.1, 0.15) is 32.8 Å². The summed E-state index contributed by atoms with van der Waals surface area (Å²) in [7, 11) is 5.04. The molecule has 3 N–H and O–H groups in total. The van der Waals surface area contributed by atoms with Crippen LogP contribution in [-0.4, -0.2) is 44.5 Å². The Balaban J connectivity index is 1.63. The van der Waals surface area contributed by atoms with Gasteiger partial charge in [-0.1, -0.05) is 6.07 Å². The van der Waals surface area contributed by atoms with Crippen molar-refractivity contribution in [3.63, 3.8) is 0 Å². The number of nitrogens with one attached hydrogen (secondary N) is 1. The first kappa shape index (κ1) is 20.2. The average molecular weight is 404 g/mol. The van der Waals surface area contributed by atoms with Crippen LogP contribution >= 0.6 is 11.3 Å². The van der Waals surface area contributed by atoms with E-state index in [1.54, 1.807) is 14.2 Å². The number of ether oxygens (including phenoxy) is 2. The smallest absolute Gasteiger partial charge is 0.251 e. The Morgan fingerprint density at radius 3 is 2.64 bits per heavy atom. The molecular weight excluding hydrogens is 378 g/mol. The summed E-state index contributed by atoms with van der Waals surface area (Å²) in [5.74, 6) is 0.659. The fourth-order valence-electron chi connectivity index (χ4n) is 3.51. The van der Waals surface area contributed by atoms with Gasteiger partial charge >= 0.3 is 0 Å². The molecule has 0 spiro atoms. The molecule has 28 heavy (non-hydrogen) atoms. The van der Waals surface area contributed by atoms with Crippen molar-refractivity contribution in [2.75, 3.05) is 33.1 Å². The van der Waals surface area contributed by atoms with Gasteiger partial charge < -0.3 is 20.5 Å². The Bertz CT molecular complexity index is 894. The summed E-state index contributed by atoms with van der Waals surface area (Å²) < 4.78 is 10.6. The van der Waals surface area contributed by atoms with E-state index in [4.69, 9.17) is 15.2 Å². The molecule has 2 amide bonds. The summed E-state index contributed by atoms with van der Waals surface area (Å²) in [5.41, 5.74) is 8.03. The number of nitrogens with zero attached hydrogens (tertiary/aromatic N) is 1. The maximum Gasteiger partial charge on any atom is 0.251 e. The number of likely N-dealkylation sites (N-methyl/N-ethyl adjacent to an activating group) is 1. The number of benzene rings is 1. The largest absolute Gasteiger partial charge is 0.493 e. The molecule has 3 rings (SSSR count). The summed E-state index contributed by atoms with van der Waals surface area (Å²) in [6, 6.07) is 5.67. The highest BCUT2D eigenvalue weighted by atomic mass is 32.1. The molecule has 7 nitrogen and oxygen atoms in total. The first-order chi connectivity index (χ1) is 13.4. The summed E-state index contributed by atoms with van der Waals surface area (Å²) in [5, 5.41) is 3.44. The van der Waals surface area contributed by atoms with E-state index in [-0.39, 0.29) is 12.5 Å². The van der Waals surface area contributed by atoms with Gasteiger partial charge in [-0.3, -0.25) is 14.5 Å². The van der Waals surface area contributed by atoms with Crippen molar-refractivity contribution >= 4 is 28.2 Å². The van der Waals surface area contributed by atoms with Crippen molar-refractivity contribution in [3.8, 4) is 11.5 Å². The minimum atomic E-state index is -0.478. The number of nitrogens with two attached hydrogens (primary N) is 1. The highest BCUT2D eigenvalue weighted by Crippen LogP contribution is 2.38. The fourth-order valence-corrected chi connectivity index (χ4v) is 4.82. The summed E-state index contributed by atoms with van der Waals surface area (Å²) in [4.78, 5) is 27.4. The molecule has 2 aromatic rings. The minimum absolute atomic E-state index is 0.176. The van der Waals surface area contributed by atoms with Gasteiger partial charge in [0.25, 0.3) is 5.91 Å². The lowest BCUT2D eigenvalue weighted by molar-refractivity contribution is -0.117. The molecule has 1 aliphatic carbocycles. The van der Waals surface area contributed by atoms with Crippen LogP contribution in [0.4, 0.5) is 5.00 Å². The summed E-state index contributed by atoms with van der Waals surface area (Å²) in [6.45, 7) is 0.756. The van der Waals surface area contributed by atoms with Crippen molar-refractivity contribution < 1.29 is 19.1 Å². The average Bonchev–Trinajstić information content (AvgIpc) is 3.21. The topological polar surface area (TPSA) is 93.9 Å². The van der Waals surface area contributed by atoms with Gasteiger partial charge in [0.2, 0.25) is 5.91 Å². The Morgan fingerprint density at radius 1 is 1.21 bits per heavy atom. The number of thiophene rings is 1. The maximum absolute atomic E-state index is 12.5. The monoisotopic (exact) mass is 403 g/mol. The third kappa shape index (κ3) is 4.28. The van der Waals surface area contributed by atoms with Crippen LogP contribution in [0.2, 0.25) is 0 Å². The number of hydrogen-bond acceptors (Lipinski definition) is 6. The maximum atomic E-state index is 12.5. The van der Waals surface area contributed by atoms with Gasteiger partial charge in [0.15, 0.2) is 11.5 Å². The van der Waals surface area contributed by atoms with Crippen LogP contribution in [0.25, 0.3) is 0 Å². The van der Waals surface area contributed by atoms with E-state index in [1.807, 2.05) is 30.1 Å². The van der Waals surface area contributed by atoms with Gasteiger partial charge in [0, 0.05) is 11.4 Å². The third-order valence-electron chi connectivity index (χ3n) is 4.73. The molecule has 8 heteroatoms. The van der Waals surface area contributed by atoms with Crippen molar-refractivity contribution in [2.24, 2.45) is 5.73 Å². The van der Waals surface area contributed by atoms with Crippen LogP contribution in [0.3, 0.4) is 0 Å². The molecule has 0 fully saturated rings. The van der Waals surface area contributed by atoms with E-state index in [1.165, 1.54) is 11.3 Å². The predicted octanol–water partition coefficient (Wildman–Crippen LogP) is 2.42. The van der Waals surface area contributed by atoms with Crippen molar-refractivity contribution in [1.82, 2.24) is 4.90 Å². The Labute approximate surface area is 168 Å². The normalized spacial score (nSPS) is 12.7. The number of carbonyl (C=O) groups excluding carboxylic acids is 2. The number of anilines is 1. The van der Waals surface area contributed by atoms with E-state index in [0.717, 1.165) is 35.3 Å². The van der Waals surface area contributed by atoms with Crippen molar-refractivity contribution in [3.05, 3.63) is 39.8 Å². The first-order valence-electron chi connectivity index (χ1n) is 9.06. The molecule has 0 saturated heterocycles. The zero-order valence-corrected chi connectivity index (χ0v) is 17.1. The van der Waals surface area contributed by atoms with Crippen molar-refractivity contribution in [2.45, 2.75) is 25.8 Å². The Kier molecular flexibility index (Phi) is 6.21. The molecule has 1 aromatic carbocycles. The number of hydrogen-bond donors (Lipinski definition) is 2. The minimum Gasteiger partial charge on any atom is -0.493 e. The lowest BCUT2D eigenvalue weighted by atomic mass is 10.1. The summed E-state index contributed by atoms with van der Waals surface area (Å²) >= 11 is 1.46. The predicted molar refractivity (Wildman–Crippen MR) is 109 cm³/mol. The van der Waals surface area contributed by atoms with Gasteiger partial charge in [0.1, 0.15) is 5.00 Å². The highest BCUT2D eigenvalue weighted by molar-refractivity contribution is 7.17. The molecule has 1 heterocycles. The standard InChI is InChI=1S/C20H25N3O4S/c1-23(10-12-7-8-14(26-2)15(9-12)27-3)11-17(24)22-20-18(19(21)25)13-5-4-6-16(13)28-20/h7-9H,4-6,10-11H2,1-3H3,(H2,21,25)(H,22,24). The van der Waals surface area contributed by atoms with Gasteiger partial charge in [-0.15, -0.1) is 11.3 Å². The van der Waals surface area contributed by atoms with Gasteiger partial charge in [-0.05, 0) is 49.6 Å². The van der Waals surface area contributed by atoms with Crippen LogP contribution in [-0.2, 0) is 24.2 Å². The molecule has 0 unspecified atom stereocenters.